The number of aliphatic imine (C=N–C) groups is 1. The number of thioether (sulfide) groups is 1. The number of amidine groups is 2. The number of hydrogen-bond donors (Lipinski definition) is 1. The van der Waals surface area contributed by atoms with Gasteiger partial charge in [0, 0.05) is 6.26 Å². The number of carbonyl (C=O) groups excluding carboxylic acids is 1. The summed E-state index contributed by atoms with van der Waals surface area (Å²) in [6.07, 6.45) is 2.41. The molecule has 4 rings (SSSR count). The van der Waals surface area contributed by atoms with Crippen molar-refractivity contribution in [1.82, 2.24) is 5.01 Å². The van der Waals surface area contributed by atoms with Crippen molar-refractivity contribution >= 4 is 49.0 Å². The van der Waals surface area contributed by atoms with Gasteiger partial charge in [-0.1, -0.05) is 42.5 Å². The molecule has 2 aromatic rings. The van der Waals surface area contributed by atoms with E-state index in [0.717, 1.165) is 28.6 Å². The van der Waals surface area contributed by atoms with Crippen molar-refractivity contribution in [3.05, 3.63) is 71.3 Å². The van der Waals surface area contributed by atoms with E-state index in [1.165, 1.54) is 6.08 Å². The monoisotopic (exact) mass is 454 g/mol. The van der Waals surface area contributed by atoms with Crippen LogP contribution in [0.3, 0.4) is 0 Å². The summed E-state index contributed by atoms with van der Waals surface area (Å²) in [6.45, 7) is 1.96. The number of hydrazone groups is 1. The molecule has 2 heterocycles. The van der Waals surface area contributed by atoms with Gasteiger partial charge in [0.1, 0.15) is 11.9 Å². The van der Waals surface area contributed by atoms with Gasteiger partial charge in [-0.15, -0.1) is 5.10 Å². The zero-order valence-corrected chi connectivity index (χ0v) is 18.3. The molecule has 0 saturated carbocycles. The van der Waals surface area contributed by atoms with E-state index in [1.807, 2.05) is 37.3 Å². The quantitative estimate of drug-likeness (QED) is 0.708. The molecule has 0 saturated heterocycles. The lowest BCUT2D eigenvalue weighted by molar-refractivity contribution is -0.114. The molecular formula is C21H18N4O4S2. The number of benzene rings is 2. The highest BCUT2D eigenvalue weighted by Crippen LogP contribution is 2.30. The summed E-state index contributed by atoms with van der Waals surface area (Å²) in [5.41, 5.74) is 1.75. The summed E-state index contributed by atoms with van der Waals surface area (Å²) in [5, 5.41) is 13.3. The van der Waals surface area contributed by atoms with Crippen LogP contribution in [0.25, 0.3) is 6.08 Å². The van der Waals surface area contributed by atoms with Gasteiger partial charge < -0.3 is 4.74 Å². The topological polar surface area (TPSA) is 112 Å². The zero-order valence-electron chi connectivity index (χ0n) is 16.6. The third-order valence-electron chi connectivity index (χ3n) is 4.53. The van der Waals surface area contributed by atoms with Gasteiger partial charge in [0.15, 0.2) is 5.84 Å². The second-order valence-electron chi connectivity index (χ2n) is 6.90. The molecule has 1 unspecified atom stereocenters. The summed E-state index contributed by atoms with van der Waals surface area (Å²) >= 11 is 0.756. The maximum atomic E-state index is 12.4. The molecule has 0 aliphatic carbocycles. The van der Waals surface area contributed by atoms with Gasteiger partial charge in [0.2, 0.25) is 19.4 Å². The van der Waals surface area contributed by atoms with Crippen LogP contribution in [-0.4, -0.2) is 41.0 Å². The predicted molar refractivity (Wildman–Crippen MR) is 122 cm³/mol. The fraction of sp³-hybridized carbons (Fsp3) is 0.143. The van der Waals surface area contributed by atoms with Crippen LogP contribution in [0.5, 0.6) is 5.75 Å². The first-order valence-corrected chi connectivity index (χ1v) is 11.9. The molecule has 2 aliphatic heterocycles. The minimum absolute atomic E-state index is 0.0224. The van der Waals surface area contributed by atoms with Crippen molar-refractivity contribution in [2.24, 2.45) is 10.1 Å². The lowest BCUT2D eigenvalue weighted by Crippen LogP contribution is -2.35. The van der Waals surface area contributed by atoms with Crippen LogP contribution < -0.4 is 4.74 Å². The van der Waals surface area contributed by atoms with Crippen molar-refractivity contribution < 1.29 is 17.9 Å². The number of amides is 1. The molecule has 1 N–H and O–H groups in total. The average molecular weight is 455 g/mol. The molecule has 10 heteroatoms. The fourth-order valence-corrected chi connectivity index (χ4v) is 4.61. The molecule has 0 bridgehead atoms. The second kappa shape index (κ2) is 8.12. The normalized spacial score (nSPS) is 18.5. The van der Waals surface area contributed by atoms with Crippen LogP contribution in [0.1, 0.15) is 24.2 Å². The standard InChI is InChI=1S/C21H18N4O4S2/c1-13(15-6-4-3-5-7-15)29-16-10-8-14(9-11-16)12-17-18(22)25-20(23-19(17)26)30-21(24-25)31(2,27)28/h3-13,22H,1-2H3/b17-12+,22-18?. The van der Waals surface area contributed by atoms with Gasteiger partial charge >= 0.3 is 0 Å². The molecule has 0 aromatic heterocycles. The first-order chi connectivity index (χ1) is 14.7. The van der Waals surface area contributed by atoms with Gasteiger partial charge in [0.25, 0.3) is 5.91 Å². The molecule has 0 spiro atoms. The van der Waals surface area contributed by atoms with Crippen LogP contribution in [0.4, 0.5) is 0 Å². The summed E-state index contributed by atoms with van der Waals surface area (Å²) in [7, 11) is -3.56. The second-order valence-corrected chi connectivity index (χ2v) is 10.0. The van der Waals surface area contributed by atoms with Crippen molar-refractivity contribution in [3.63, 3.8) is 0 Å². The molecule has 1 amide bonds. The Balaban J connectivity index is 1.53. The molecule has 158 valence electrons. The molecular weight excluding hydrogens is 436 g/mol. The van der Waals surface area contributed by atoms with E-state index in [-0.39, 0.29) is 27.1 Å². The largest absolute Gasteiger partial charge is 0.486 e. The highest BCUT2D eigenvalue weighted by atomic mass is 32.3. The minimum atomic E-state index is -3.56. The number of nitrogens with one attached hydrogen (secondary N) is 1. The van der Waals surface area contributed by atoms with E-state index in [9.17, 15) is 13.2 Å². The van der Waals surface area contributed by atoms with Gasteiger partial charge in [-0.05, 0) is 48.0 Å². The average Bonchev–Trinajstić information content (AvgIpc) is 3.18. The number of fused-ring (bicyclic) bond motifs is 1. The number of hydrogen-bond acceptors (Lipinski definition) is 7. The molecule has 2 aromatic carbocycles. The Morgan fingerprint density at radius 2 is 1.81 bits per heavy atom. The number of ether oxygens (including phenoxy) is 1. The summed E-state index contributed by atoms with van der Waals surface area (Å²) in [4.78, 5) is 16.3. The number of sulfone groups is 1. The smallest absolute Gasteiger partial charge is 0.283 e. The third kappa shape index (κ3) is 4.44. The minimum Gasteiger partial charge on any atom is -0.486 e. The summed E-state index contributed by atoms with van der Waals surface area (Å²) < 4.78 is 29.2. The molecule has 1 atom stereocenters. The third-order valence-corrected chi connectivity index (χ3v) is 7.10. The van der Waals surface area contributed by atoms with Crippen molar-refractivity contribution in [2.45, 2.75) is 13.0 Å². The Hall–Kier alpha value is -3.24. The number of nitrogens with zero attached hydrogens (tertiary/aromatic N) is 3. The Labute approximate surface area is 183 Å². The van der Waals surface area contributed by atoms with Crippen LogP contribution in [0, 0.1) is 5.41 Å². The maximum Gasteiger partial charge on any atom is 0.283 e. The molecule has 31 heavy (non-hydrogen) atoms. The highest BCUT2D eigenvalue weighted by Gasteiger charge is 2.38. The van der Waals surface area contributed by atoms with E-state index in [1.54, 1.807) is 24.3 Å². The molecule has 0 fully saturated rings. The van der Waals surface area contributed by atoms with E-state index >= 15 is 0 Å². The van der Waals surface area contributed by atoms with Crippen molar-refractivity contribution in [1.29, 1.82) is 5.41 Å². The van der Waals surface area contributed by atoms with Gasteiger partial charge in [0.05, 0.1) is 5.57 Å². The van der Waals surface area contributed by atoms with E-state index in [4.69, 9.17) is 10.1 Å². The Bertz CT molecular complexity index is 1250. The van der Waals surface area contributed by atoms with Crippen LogP contribution in [0.2, 0.25) is 0 Å². The van der Waals surface area contributed by atoms with Crippen molar-refractivity contribution in [2.75, 3.05) is 6.26 Å². The SMILES string of the molecule is CC(Oc1ccc(/C=C2\C(=N)N3N=C(S(C)(=O)=O)SC3=NC2=O)cc1)c1ccccc1. The van der Waals surface area contributed by atoms with E-state index < -0.39 is 15.7 Å². The number of rotatable bonds is 4. The van der Waals surface area contributed by atoms with E-state index in [2.05, 4.69) is 10.1 Å². The Morgan fingerprint density at radius 3 is 2.45 bits per heavy atom. The highest BCUT2D eigenvalue weighted by molar-refractivity contribution is 8.42. The van der Waals surface area contributed by atoms with Crippen LogP contribution in [-0.2, 0) is 14.6 Å². The summed E-state index contributed by atoms with van der Waals surface area (Å²) in [5.74, 6) is -0.173. The maximum absolute atomic E-state index is 12.4. The van der Waals surface area contributed by atoms with E-state index in [0.29, 0.717) is 11.3 Å². The van der Waals surface area contributed by atoms with Gasteiger partial charge in [-0.3, -0.25) is 10.2 Å². The Kier molecular flexibility index (Phi) is 5.50. The molecule has 0 radical (unpaired) electrons. The fourth-order valence-electron chi connectivity index (χ4n) is 2.93. The van der Waals surface area contributed by atoms with Gasteiger partial charge in [-0.25, -0.2) is 8.42 Å². The first-order valence-electron chi connectivity index (χ1n) is 9.24. The number of carbonyl (C=O) groups is 1. The van der Waals surface area contributed by atoms with Crippen LogP contribution >= 0.6 is 11.8 Å². The first kappa shape index (κ1) is 21.0. The zero-order chi connectivity index (χ0) is 22.2. The lowest BCUT2D eigenvalue weighted by Gasteiger charge is -2.20. The van der Waals surface area contributed by atoms with Crippen LogP contribution in [0.15, 0.2) is 70.3 Å². The van der Waals surface area contributed by atoms with Crippen molar-refractivity contribution in [3.8, 4) is 5.75 Å². The lowest BCUT2D eigenvalue weighted by atomic mass is 10.1. The molecule has 8 nitrogen and oxygen atoms in total. The predicted octanol–water partition coefficient (Wildman–Crippen LogP) is 3.45. The summed E-state index contributed by atoms with van der Waals surface area (Å²) in [6, 6.07) is 16.9. The molecule has 2 aliphatic rings. The Morgan fingerprint density at radius 1 is 1.13 bits per heavy atom. The van der Waals surface area contributed by atoms with Gasteiger partial charge in [-0.2, -0.15) is 10.0 Å².